The molecule has 1 aromatic rings. The zero-order valence-corrected chi connectivity index (χ0v) is 11.4. The third kappa shape index (κ3) is 5.71. The molecule has 0 fully saturated rings. The second-order valence-corrected chi connectivity index (χ2v) is 4.38. The molecule has 0 saturated heterocycles. The fourth-order valence-corrected chi connectivity index (χ4v) is 1.53. The van der Waals surface area contributed by atoms with Gasteiger partial charge in [0.05, 0.1) is 0 Å². The summed E-state index contributed by atoms with van der Waals surface area (Å²) in [7, 11) is 0. The molecule has 1 rings (SSSR count). The Morgan fingerprint density at radius 1 is 1.41 bits per heavy atom. The number of halogens is 1. The molecule has 96 valence electrons. The smallest absolute Gasteiger partial charge is 0.224 e. The third-order valence-corrected chi connectivity index (χ3v) is 2.48. The number of nitrogens with one attached hydrogen (secondary N) is 1. The van der Waals surface area contributed by atoms with Crippen LogP contribution in [0.4, 0.5) is 5.69 Å². The van der Waals surface area contributed by atoms with Crippen molar-refractivity contribution in [3.8, 4) is 0 Å². The minimum atomic E-state index is 0. The van der Waals surface area contributed by atoms with E-state index in [4.69, 9.17) is 5.73 Å². The van der Waals surface area contributed by atoms with Crippen molar-refractivity contribution in [2.75, 3.05) is 5.32 Å². The van der Waals surface area contributed by atoms with Crippen molar-refractivity contribution in [2.24, 2.45) is 5.73 Å². The number of hydrogen-bond acceptors (Lipinski definition) is 2. The fourth-order valence-electron chi connectivity index (χ4n) is 1.53. The van der Waals surface area contributed by atoms with Crippen LogP contribution >= 0.6 is 12.4 Å². The highest BCUT2D eigenvalue weighted by Crippen LogP contribution is 2.16. The van der Waals surface area contributed by atoms with Gasteiger partial charge in [-0.3, -0.25) is 4.79 Å². The molecule has 0 bridgehead atoms. The predicted molar refractivity (Wildman–Crippen MR) is 74.7 cm³/mol. The number of carbonyl (C=O) groups excluding carboxylic acids is 1. The molecule has 3 N–H and O–H groups in total. The summed E-state index contributed by atoms with van der Waals surface area (Å²) in [5.41, 5.74) is 8.78. The molecule has 1 aromatic carbocycles. The average Bonchev–Trinajstić information content (AvgIpc) is 2.19. The van der Waals surface area contributed by atoms with Crippen LogP contribution in [0.5, 0.6) is 0 Å². The van der Waals surface area contributed by atoms with Gasteiger partial charge < -0.3 is 11.1 Å². The maximum Gasteiger partial charge on any atom is 0.224 e. The molecule has 0 radical (unpaired) electrons. The van der Waals surface area contributed by atoms with Crippen LogP contribution in [-0.4, -0.2) is 11.9 Å². The average molecular weight is 257 g/mol. The molecule has 0 spiro atoms. The van der Waals surface area contributed by atoms with Gasteiger partial charge in [0, 0.05) is 18.2 Å². The summed E-state index contributed by atoms with van der Waals surface area (Å²) in [6.45, 7) is 5.94. The number of hydrogen-bond donors (Lipinski definition) is 2. The lowest BCUT2D eigenvalue weighted by molar-refractivity contribution is -0.116. The van der Waals surface area contributed by atoms with E-state index in [9.17, 15) is 4.79 Å². The minimum Gasteiger partial charge on any atom is -0.328 e. The summed E-state index contributed by atoms with van der Waals surface area (Å²) in [6.07, 6.45) is 1.20. The Morgan fingerprint density at radius 3 is 2.59 bits per heavy atom. The van der Waals surface area contributed by atoms with Crippen LogP contribution in [0.3, 0.4) is 0 Å². The number of amides is 1. The van der Waals surface area contributed by atoms with Crippen LogP contribution < -0.4 is 11.1 Å². The molecule has 1 atom stereocenters. The first kappa shape index (κ1) is 15.9. The van der Waals surface area contributed by atoms with Crippen molar-refractivity contribution in [3.63, 3.8) is 0 Å². The molecule has 0 saturated carbocycles. The van der Waals surface area contributed by atoms with E-state index in [0.717, 1.165) is 17.7 Å². The van der Waals surface area contributed by atoms with Crippen LogP contribution in [0.1, 0.15) is 30.9 Å². The molecule has 4 heteroatoms. The van der Waals surface area contributed by atoms with Crippen molar-refractivity contribution in [3.05, 3.63) is 29.3 Å². The lowest BCUT2D eigenvalue weighted by Crippen LogP contribution is -2.19. The largest absolute Gasteiger partial charge is 0.328 e. The highest BCUT2D eigenvalue weighted by atomic mass is 35.5. The number of benzene rings is 1. The van der Waals surface area contributed by atoms with Gasteiger partial charge in [-0.15, -0.1) is 12.4 Å². The Kier molecular flexibility index (Phi) is 6.85. The molecule has 0 aliphatic carbocycles. The molecule has 0 aromatic heterocycles. The number of anilines is 1. The lowest BCUT2D eigenvalue weighted by Gasteiger charge is -2.09. The third-order valence-electron chi connectivity index (χ3n) is 2.48. The van der Waals surface area contributed by atoms with Gasteiger partial charge in [-0.1, -0.05) is 17.7 Å². The summed E-state index contributed by atoms with van der Waals surface area (Å²) in [5.74, 6) is 0.0317. The first-order valence-electron chi connectivity index (χ1n) is 5.61. The molecule has 1 unspecified atom stereocenters. The summed E-state index contributed by atoms with van der Waals surface area (Å²) >= 11 is 0. The summed E-state index contributed by atoms with van der Waals surface area (Å²) in [5, 5.41) is 2.90. The topological polar surface area (TPSA) is 55.1 Å². The molecule has 1 amide bonds. The van der Waals surface area contributed by atoms with Gasteiger partial charge in [0.15, 0.2) is 0 Å². The first-order chi connectivity index (χ1) is 7.49. The van der Waals surface area contributed by atoms with Crippen LogP contribution in [0, 0.1) is 13.8 Å². The van der Waals surface area contributed by atoms with Gasteiger partial charge >= 0.3 is 0 Å². The number of rotatable bonds is 4. The SMILES string of the molecule is Cc1ccc(NC(=O)CCC(C)N)c(C)c1.Cl. The van der Waals surface area contributed by atoms with E-state index in [1.54, 1.807) is 0 Å². The quantitative estimate of drug-likeness (QED) is 0.870. The van der Waals surface area contributed by atoms with Crippen molar-refractivity contribution >= 4 is 24.0 Å². The van der Waals surface area contributed by atoms with Crippen LogP contribution in [0.15, 0.2) is 18.2 Å². The Labute approximate surface area is 109 Å². The summed E-state index contributed by atoms with van der Waals surface area (Å²) in [4.78, 5) is 11.6. The molecule has 0 aliphatic rings. The normalized spacial score (nSPS) is 11.5. The number of aryl methyl sites for hydroxylation is 2. The zero-order chi connectivity index (χ0) is 12.1. The van der Waals surface area contributed by atoms with Crippen molar-refractivity contribution < 1.29 is 4.79 Å². The van der Waals surface area contributed by atoms with E-state index in [1.807, 2.05) is 32.9 Å². The number of nitrogens with two attached hydrogens (primary N) is 1. The minimum absolute atomic E-state index is 0. The van der Waals surface area contributed by atoms with E-state index >= 15 is 0 Å². The van der Waals surface area contributed by atoms with Crippen molar-refractivity contribution in [1.82, 2.24) is 0 Å². The molecular formula is C13H21ClN2O. The van der Waals surface area contributed by atoms with Gasteiger partial charge in [-0.2, -0.15) is 0 Å². The molecular weight excluding hydrogens is 236 g/mol. The van der Waals surface area contributed by atoms with Crippen LogP contribution in [-0.2, 0) is 4.79 Å². The molecule has 0 heterocycles. The maximum absolute atomic E-state index is 11.6. The molecule has 3 nitrogen and oxygen atoms in total. The molecule has 17 heavy (non-hydrogen) atoms. The van der Waals surface area contributed by atoms with E-state index in [0.29, 0.717) is 6.42 Å². The van der Waals surface area contributed by atoms with Gasteiger partial charge in [0.1, 0.15) is 0 Å². The highest BCUT2D eigenvalue weighted by Gasteiger charge is 2.05. The maximum atomic E-state index is 11.6. The summed E-state index contributed by atoms with van der Waals surface area (Å²) in [6, 6.07) is 6.06. The van der Waals surface area contributed by atoms with Gasteiger partial charge in [0.2, 0.25) is 5.91 Å². The van der Waals surface area contributed by atoms with Crippen molar-refractivity contribution in [2.45, 2.75) is 39.7 Å². The number of carbonyl (C=O) groups is 1. The Morgan fingerprint density at radius 2 is 2.06 bits per heavy atom. The second-order valence-electron chi connectivity index (χ2n) is 4.38. The zero-order valence-electron chi connectivity index (χ0n) is 10.6. The second kappa shape index (κ2) is 7.30. The molecule has 0 aliphatic heterocycles. The van der Waals surface area contributed by atoms with Gasteiger partial charge in [-0.05, 0) is 38.8 Å². The van der Waals surface area contributed by atoms with E-state index in [1.165, 1.54) is 5.56 Å². The highest BCUT2D eigenvalue weighted by molar-refractivity contribution is 5.91. The van der Waals surface area contributed by atoms with Crippen molar-refractivity contribution in [1.29, 1.82) is 0 Å². The Hall–Kier alpha value is -1.06. The fraction of sp³-hybridized carbons (Fsp3) is 0.462. The monoisotopic (exact) mass is 256 g/mol. The van der Waals surface area contributed by atoms with E-state index in [2.05, 4.69) is 11.4 Å². The van der Waals surface area contributed by atoms with Gasteiger partial charge in [-0.25, -0.2) is 0 Å². The predicted octanol–water partition coefficient (Wildman–Crippen LogP) is 2.79. The first-order valence-corrected chi connectivity index (χ1v) is 5.61. The lowest BCUT2D eigenvalue weighted by atomic mass is 10.1. The van der Waals surface area contributed by atoms with Gasteiger partial charge in [0.25, 0.3) is 0 Å². The Balaban J connectivity index is 0.00000256. The van der Waals surface area contributed by atoms with Crippen LogP contribution in [0.2, 0.25) is 0 Å². The summed E-state index contributed by atoms with van der Waals surface area (Å²) < 4.78 is 0. The van der Waals surface area contributed by atoms with E-state index < -0.39 is 0 Å². The Bertz CT molecular complexity index is 378. The van der Waals surface area contributed by atoms with Crippen LogP contribution in [0.25, 0.3) is 0 Å². The van der Waals surface area contributed by atoms with E-state index in [-0.39, 0.29) is 24.4 Å². The standard InChI is InChI=1S/C13H20N2O.ClH/c1-9-4-6-12(10(2)8-9)15-13(16)7-5-11(3)14;/h4,6,8,11H,5,7,14H2,1-3H3,(H,15,16);1H.